The van der Waals surface area contributed by atoms with E-state index in [-0.39, 0.29) is 11.9 Å². The Kier molecular flexibility index (Phi) is 4.02. The third kappa shape index (κ3) is 3.10. The van der Waals surface area contributed by atoms with E-state index in [9.17, 15) is 9.90 Å². The first-order chi connectivity index (χ1) is 8.59. The van der Waals surface area contributed by atoms with Gasteiger partial charge in [0.2, 0.25) is 0 Å². The van der Waals surface area contributed by atoms with Crippen molar-refractivity contribution >= 4 is 5.97 Å². The maximum absolute atomic E-state index is 11.7. The minimum Gasteiger partial charge on any atom is -0.465 e. The van der Waals surface area contributed by atoms with Crippen LogP contribution in [-0.4, -0.2) is 23.3 Å². The van der Waals surface area contributed by atoms with Crippen molar-refractivity contribution in [1.82, 2.24) is 0 Å². The number of ether oxygens (including phenoxy) is 1. The lowest BCUT2D eigenvalue weighted by Gasteiger charge is -2.35. The van der Waals surface area contributed by atoms with Gasteiger partial charge in [0.15, 0.2) is 0 Å². The number of cyclic esters (lactones) is 1. The van der Waals surface area contributed by atoms with Gasteiger partial charge in [0.1, 0.15) is 0 Å². The second-order valence-corrected chi connectivity index (χ2v) is 5.21. The molecule has 0 saturated carbocycles. The SMILES string of the molecule is C[C@]1(O)CCOC(=O)[C@H]1CCCc1ccccc1. The van der Waals surface area contributed by atoms with Crippen LogP contribution in [0.4, 0.5) is 0 Å². The summed E-state index contributed by atoms with van der Waals surface area (Å²) < 4.78 is 5.03. The van der Waals surface area contributed by atoms with E-state index < -0.39 is 5.60 Å². The van der Waals surface area contributed by atoms with E-state index in [0.29, 0.717) is 19.4 Å². The van der Waals surface area contributed by atoms with Gasteiger partial charge in [0.25, 0.3) is 0 Å². The van der Waals surface area contributed by atoms with E-state index in [4.69, 9.17) is 4.74 Å². The summed E-state index contributed by atoms with van der Waals surface area (Å²) in [4.78, 5) is 11.7. The molecule has 0 spiro atoms. The molecule has 0 aliphatic carbocycles. The first-order valence-electron chi connectivity index (χ1n) is 6.52. The van der Waals surface area contributed by atoms with E-state index in [0.717, 1.165) is 12.8 Å². The molecule has 18 heavy (non-hydrogen) atoms. The minimum atomic E-state index is -0.911. The highest BCUT2D eigenvalue weighted by molar-refractivity contribution is 5.74. The summed E-state index contributed by atoms with van der Waals surface area (Å²) >= 11 is 0. The molecule has 2 rings (SSSR count). The highest BCUT2D eigenvalue weighted by atomic mass is 16.5. The van der Waals surface area contributed by atoms with Gasteiger partial charge < -0.3 is 9.84 Å². The predicted octanol–water partition coefficient (Wildman–Crippen LogP) is 2.32. The summed E-state index contributed by atoms with van der Waals surface area (Å²) in [7, 11) is 0. The molecule has 1 aromatic carbocycles. The third-order valence-corrected chi connectivity index (χ3v) is 3.69. The van der Waals surface area contributed by atoms with Crippen molar-refractivity contribution in [2.24, 2.45) is 5.92 Å². The first-order valence-corrected chi connectivity index (χ1v) is 6.52. The molecule has 1 fully saturated rings. The van der Waals surface area contributed by atoms with E-state index in [1.54, 1.807) is 6.92 Å². The molecular weight excluding hydrogens is 228 g/mol. The Morgan fingerprint density at radius 3 is 2.78 bits per heavy atom. The normalized spacial score (nSPS) is 27.9. The van der Waals surface area contributed by atoms with Crippen LogP contribution in [0.25, 0.3) is 0 Å². The molecule has 1 saturated heterocycles. The van der Waals surface area contributed by atoms with Crippen molar-refractivity contribution in [1.29, 1.82) is 0 Å². The van der Waals surface area contributed by atoms with Gasteiger partial charge in [-0.05, 0) is 31.7 Å². The monoisotopic (exact) mass is 248 g/mol. The lowest BCUT2D eigenvalue weighted by molar-refractivity contribution is -0.171. The van der Waals surface area contributed by atoms with Crippen molar-refractivity contribution in [3.8, 4) is 0 Å². The van der Waals surface area contributed by atoms with Crippen LogP contribution in [0.1, 0.15) is 31.7 Å². The average Bonchev–Trinajstić information content (AvgIpc) is 2.34. The zero-order chi connectivity index (χ0) is 13.0. The largest absolute Gasteiger partial charge is 0.465 e. The Morgan fingerprint density at radius 1 is 1.39 bits per heavy atom. The third-order valence-electron chi connectivity index (χ3n) is 3.69. The van der Waals surface area contributed by atoms with E-state index in [1.165, 1.54) is 5.56 Å². The quantitative estimate of drug-likeness (QED) is 0.832. The van der Waals surface area contributed by atoms with Crippen LogP contribution in [0.15, 0.2) is 30.3 Å². The number of benzene rings is 1. The topological polar surface area (TPSA) is 46.5 Å². The number of hydrogen-bond acceptors (Lipinski definition) is 3. The summed E-state index contributed by atoms with van der Waals surface area (Å²) in [5, 5.41) is 10.2. The minimum absolute atomic E-state index is 0.251. The molecule has 0 radical (unpaired) electrons. The summed E-state index contributed by atoms with van der Waals surface area (Å²) in [6.45, 7) is 2.07. The summed E-state index contributed by atoms with van der Waals surface area (Å²) in [5.74, 6) is -0.630. The van der Waals surface area contributed by atoms with Crippen LogP contribution in [0, 0.1) is 5.92 Å². The van der Waals surface area contributed by atoms with Gasteiger partial charge in [-0.15, -0.1) is 0 Å². The summed E-state index contributed by atoms with van der Waals surface area (Å²) in [6.07, 6.45) is 3.04. The Bertz CT molecular complexity index is 397. The van der Waals surface area contributed by atoms with E-state index in [2.05, 4.69) is 12.1 Å². The molecule has 0 aromatic heterocycles. The van der Waals surface area contributed by atoms with Crippen LogP contribution in [-0.2, 0) is 16.0 Å². The molecular formula is C15H20O3. The van der Waals surface area contributed by atoms with Crippen molar-refractivity contribution in [3.63, 3.8) is 0 Å². The molecule has 1 aliphatic heterocycles. The highest BCUT2D eigenvalue weighted by Gasteiger charge is 2.41. The molecule has 1 aliphatic rings. The molecule has 2 atom stereocenters. The standard InChI is InChI=1S/C15H20O3/c1-15(17)10-11-18-14(16)13(15)9-5-8-12-6-3-2-4-7-12/h2-4,6-7,13,17H,5,8-11H2,1H3/t13-,15+/m1/s1. The number of rotatable bonds is 4. The zero-order valence-electron chi connectivity index (χ0n) is 10.8. The van der Waals surface area contributed by atoms with Crippen molar-refractivity contribution in [3.05, 3.63) is 35.9 Å². The number of hydrogen-bond donors (Lipinski definition) is 1. The Balaban J connectivity index is 1.87. The molecule has 1 N–H and O–H groups in total. The van der Waals surface area contributed by atoms with E-state index in [1.807, 2.05) is 18.2 Å². The number of aryl methyl sites for hydroxylation is 1. The first kappa shape index (κ1) is 13.1. The van der Waals surface area contributed by atoms with Gasteiger partial charge in [-0.1, -0.05) is 30.3 Å². The molecule has 1 heterocycles. The van der Waals surface area contributed by atoms with Gasteiger partial charge in [-0.25, -0.2) is 0 Å². The fourth-order valence-electron chi connectivity index (χ4n) is 2.47. The smallest absolute Gasteiger partial charge is 0.311 e. The lowest BCUT2D eigenvalue weighted by atomic mass is 9.81. The van der Waals surface area contributed by atoms with Gasteiger partial charge in [-0.2, -0.15) is 0 Å². The number of carbonyl (C=O) groups is 1. The van der Waals surface area contributed by atoms with Gasteiger partial charge >= 0.3 is 5.97 Å². The van der Waals surface area contributed by atoms with Crippen molar-refractivity contribution in [2.45, 2.75) is 38.2 Å². The second kappa shape index (κ2) is 5.53. The van der Waals surface area contributed by atoms with Crippen LogP contribution >= 0.6 is 0 Å². The maximum atomic E-state index is 11.7. The zero-order valence-corrected chi connectivity index (χ0v) is 10.8. The van der Waals surface area contributed by atoms with Crippen molar-refractivity contribution < 1.29 is 14.6 Å². The highest BCUT2D eigenvalue weighted by Crippen LogP contribution is 2.31. The lowest BCUT2D eigenvalue weighted by Crippen LogP contribution is -2.45. The average molecular weight is 248 g/mol. The molecule has 98 valence electrons. The second-order valence-electron chi connectivity index (χ2n) is 5.21. The molecule has 3 heteroatoms. The maximum Gasteiger partial charge on any atom is 0.311 e. The molecule has 0 bridgehead atoms. The summed E-state index contributed by atoms with van der Waals surface area (Å²) in [6, 6.07) is 10.2. The number of aliphatic hydroxyl groups is 1. The number of esters is 1. The Labute approximate surface area is 108 Å². The van der Waals surface area contributed by atoms with Crippen LogP contribution < -0.4 is 0 Å². The van der Waals surface area contributed by atoms with Gasteiger partial charge in [0, 0.05) is 6.42 Å². The Hall–Kier alpha value is -1.35. The molecule has 0 unspecified atom stereocenters. The van der Waals surface area contributed by atoms with Crippen LogP contribution in [0.2, 0.25) is 0 Å². The predicted molar refractivity (Wildman–Crippen MR) is 69.1 cm³/mol. The van der Waals surface area contributed by atoms with Crippen LogP contribution in [0.3, 0.4) is 0 Å². The van der Waals surface area contributed by atoms with E-state index >= 15 is 0 Å². The van der Waals surface area contributed by atoms with Gasteiger partial charge in [0.05, 0.1) is 18.1 Å². The molecule has 1 aromatic rings. The fourth-order valence-corrected chi connectivity index (χ4v) is 2.47. The number of carbonyl (C=O) groups excluding carboxylic acids is 1. The van der Waals surface area contributed by atoms with Crippen LogP contribution in [0.5, 0.6) is 0 Å². The molecule has 3 nitrogen and oxygen atoms in total. The fraction of sp³-hybridized carbons (Fsp3) is 0.533. The Morgan fingerprint density at radius 2 is 2.11 bits per heavy atom. The summed E-state index contributed by atoms with van der Waals surface area (Å²) in [5.41, 5.74) is 0.354. The van der Waals surface area contributed by atoms with Crippen molar-refractivity contribution in [2.75, 3.05) is 6.61 Å². The van der Waals surface area contributed by atoms with Gasteiger partial charge in [-0.3, -0.25) is 4.79 Å². The molecule has 0 amide bonds.